The number of primary amides is 1. The summed E-state index contributed by atoms with van der Waals surface area (Å²) < 4.78 is 0. The average molecular weight is 246 g/mol. The molecule has 1 aliphatic rings. The van der Waals surface area contributed by atoms with Gasteiger partial charge in [-0.3, -0.25) is 9.59 Å². The third-order valence-corrected chi connectivity index (χ3v) is 3.59. The third kappa shape index (κ3) is 2.70. The Hall–Kier alpha value is -1.84. The summed E-state index contributed by atoms with van der Waals surface area (Å²) in [5, 5.41) is 3.02. The second kappa shape index (κ2) is 5.21. The normalized spacial score (nSPS) is 22.7. The van der Waals surface area contributed by atoms with Crippen molar-refractivity contribution in [1.29, 1.82) is 0 Å². The zero-order valence-corrected chi connectivity index (χ0v) is 10.5. The first-order chi connectivity index (χ1) is 8.58. The van der Waals surface area contributed by atoms with E-state index in [2.05, 4.69) is 12.2 Å². The first-order valence-corrected chi connectivity index (χ1v) is 6.28. The van der Waals surface area contributed by atoms with Crippen LogP contribution >= 0.6 is 0 Å². The van der Waals surface area contributed by atoms with E-state index in [1.165, 1.54) is 6.07 Å². The minimum absolute atomic E-state index is 0.128. The van der Waals surface area contributed by atoms with Crippen LogP contribution in [0.2, 0.25) is 0 Å². The van der Waals surface area contributed by atoms with E-state index in [9.17, 15) is 9.59 Å². The maximum atomic E-state index is 12.1. The smallest absolute Gasteiger partial charge is 0.251 e. The van der Waals surface area contributed by atoms with Gasteiger partial charge in [-0.2, -0.15) is 0 Å². The molecule has 2 atom stereocenters. The van der Waals surface area contributed by atoms with Crippen molar-refractivity contribution in [2.45, 2.75) is 32.2 Å². The molecule has 1 saturated carbocycles. The van der Waals surface area contributed by atoms with E-state index in [1.54, 1.807) is 18.2 Å². The molecule has 0 aromatic heterocycles. The number of hydrogen-bond donors (Lipinski definition) is 2. The summed E-state index contributed by atoms with van der Waals surface area (Å²) in [6, 6.07) is 6.76. The van der Waals surface area contributed by atoms with Gasteiger partial charge in [0.05, 0.1) is 0 Å². The minimum Gasteiger partial charge on any atom is -0.366 e. The largest absolute Gasteiger partial charge is 0.366 e. The van der Waals surface area contributed by atoms with Gasteiger partial charge in [0.1, 0.15) is 0 Å². The lowest BCUT2D eigenvalue weighted by molar-refractivity contribution is 0.0929. The Kier molecular flexibility index (Phi) is 3.65. The fourth-order valence-corrected chi connectivity index (χ4v) is 2.43. The Labute approximate surface area is 107 Å². The van der Waals surface area contributed by atoms with Gasteiger partial charge in [-0.05, 0) is 37.0 Å². The van der Waals surface area contributed by atoms with E-state index in [-0.39, 0.29) is 11.9 Å². The van der Waals surface area contributed by atoms with E-state index in [0.717, 1.165) is 19.3 Å². The van der Waals surface area contributed by atoms with Crippen LogP contribution in [-0.2, 0) is 0 Å². The first-order valence-electron chi connectivity index (χ1n) is 6.28. The fourth-order valence-electron chi connectivity index (χ4n) is 2.43. The molecule has 96 valence electrons. The number of nitrogens with one attached hydrogen (secondary N) is 1. The molecule has 0 radical (unpaired) electrons. The number of amides is 2. The molecule has 3 N–H and O–H groups in total. The van der Waals surface area contributed by atoms with Crippen molar-refractivity contribution in [2.75, 3.05) is 0 Å². The van der Waals surface area contributed by atoms with Gasteiger partial charge in [-0.1, -0.05) is 19.4 Å². The van der Waals surface area contributed by atoms with Crippen LogP contribution < -0.4 is 11.1 Å². The summed E-state index contributed by atoms with van der Waals surface area (Å²) in [6.07, 6.45) is 3.35. The first kappa shape index (κ1) is 12.6. The molecule has 4 heteroatoms. The van der Waals surface area contributed by atoms with E-state index >= 15 is 0 Å². The van der Waals surface area contributed by atoms with Gasteiger partial charge in [0.2, 0.25) is 5.91 Å². The maximum Gasteiger partial charge on any atom is 0.251 e. The molecule has 0 bridgehead atoms. The molecule has 0 aliphatic heterocycles. The molecule has 0 spiro atoms. The predicted molar refractivity (Wildman–Crippen MR) is 69.2 cm³/mol. The summed E-state index contributed by atoms with van der Waals surface area (Å²) in [6.45, 7) is 2.15. The Morgan fingerprint density at radius 3 is 2.61 bits per heavy atom. The summed E-state index contributed by atoms with van der Waals surface area (Å²) >= 11 is 0. The van der Waals surface area contributed by atoms with Crippen molar-refractivity contribution >= 4 is 11.8 Å². The van der Waals surface area contributed by atoms with E-state index in [0.29, 0.717) is 17.0 Å². The van der Waals surface area contributed by atoms with Crippen LogP contribution in [0.5, 0.6) is 0 Å². The summed E-state index contributed by atoms with van der Waals surface area (Å²) in [4.78, 5) is 23.1. The van der Waals surface area contributed by atoms with Gasteiger partial charge in [-0.25, -0.2) is 0 Å². The van der Waals surface area contributed by atoms with Crippen LogP contribution in [0.1, 0.15) is 46.9 Å². The highest BCUT2D eigenvalue weighted by molar-refractivity contribution is 5.99. The molecule has 18 heavy (non-hydrogen) atoms. The van der Waals surface area contributed by atoms with Gasteiger partial charge in [0, 0.05) is 17.2 Å². The fraction of sp³-hybridized carbons (Fsp3) is 0.429. The predicted octanol–water partition coefficient (Wildman–Crippen LogP) is 1.70. The van der Waals surface area contributed by atoms with Crippen molar-refractivity contribution < 1.29 is 9.59 Å². The molecular formula is C14H18N2O2. The Morgan fingerprint density at radius 1 is 1.28 bits per heavy atom. The van der Waals surface area contributed by atoms with Crippen LogP contribution in [0, 0.1) is 5.92 Å². The standard InChI is InChI=1S/C14H18N2O2/c1-9-4-2-7-12(9)16-14(18)11-6-3-5-10(8-11)13(15)17/h3,5-6,8-9,12H,2,4,7H2,1H3,(H2,15,17)(H,16,18). The summed E-state index contributed by atoms with van der Waals surface area (Å²) in [7, 11) is 0. The molecule has 2 unspecified atom stereocenters. The highest BCUT2D eigenvalue weighted by Gasteiger charge is 2.25. The highest BCUT2D eigenvalue weighted by Crippen LogP contribution is 2.25. The number of nitrogens with two attached hydrogens (primary N) is 1. The summed E-state index contributed by atoms with van der Waals surface area (Å²) in [5.74, 6) is -0.121. The molecule has 2 amide bonds. The number of benzene rings is 1. The SMILES string of the molecule is CC1CCCC1NC(=O)c1cccc(C(N)=O)c1. The summed E-state index contributed by atoms with van der Waals surface area (Å²) in [5.41, 5.74) is 6.05. The van der Waals surface area contributed by atoms with Crippen LogP contribution in [-0.4, -0.2) is 17.9 Å². The topological polar surface area (TPSA) is 72.2 Å². The monoisotopic (exact) mass is 246 g/mol. The van der Waals surface area contributed by atoms with Gasteiger partial charge in [-0.15, -0.1) is 0 Å². The second-order valence-electron chi connectivity index (χ2n) is 4.93. The van der Waals surface area contributed by atoms with E-state index in [1.807, 2.05) is 0 Å². The lowest BCUT2D eigenvalue weighted by Gasteiger charge is -2.17. The van der Waals surface area contributed by atoms with Crippen molar-refractivity contribution in [1.82, 2.24) is 5.32 Å². The van der Waals surface area contributed by atoms with E-state index < -0.39 is 5.91 Å². The minimum atomic E-state index is -0.515. The molecule has 1 aliphatic carbocycles. The molecule has 1 fully saturated rings. The second-order valence-corrected chi connectivity index (χ2v) is 4.93. The Balaban J connectivity index is 2.09. The van der Waals surface area contributed by atoms with Crippen LogP contribution in [0.3, 0.4) is 0 Å². The van der Waals surface area contributed by atoms with Gasteiger partial charge < -0.3 is 11.1 Å². The number of carbonyl (C=O) groups excluding carboxylic acids is 2. The number of hydrogen-bond acceptors (Lipinski definition) is 2. The molecular weight excluding hydrogens is 228 g/mol. The molecule has 1 aromatic rings. The maximum absolute atomic E-state index is 12.1. The molecule has 0 saturated heterocycles. The molecule has 0 heterocycles. The lowest BCUT2D eigenvalue weighted by atomic mass is 10.1. The zero-order valence-electron chi connectivity index (χ0n) is 10.5. The molecule has 1 aromatic carbocycles. The Morgan fingerprint density at radius 2 is 2.00 bits per heavy atom. The number of rotatable bonds is 3. The molecule has 2 rings (SSSR count). The Bertz CT molecular complexity index is 471. The van der Waals surface area contributed by atoms with Crippen LogP contribution in [0.15, 0.2) is 24.3 Å². The van der Waals surface area contributed by atoms with Crippen molar-refractivity contribution in [3.63, 3.8) is 0 Å². The van der Waals surface area contributed by atoms with Gasteiger partial charge in [0.25, 0.3) is 5.91 Å². The highest BCUT2D eigenvalue weighted by atomic mass is 16.2. The zero-order chi connectivity index (χ0) is 13.1. The van der Waals surface area contributed by atoms with Crippen molar-refractivity contribution in [2.24, 2.45) is 11.7 Å². The van der Waals surface area contributed by atoms with Crippen LogP contribution in [0.25, 0.3) is 0 Å². The van der Waals surface area contributed by atoms with Gasteiger partial charge >= 0.3 is 0 Å². The van der Waals surface area contributed by atoms with Crippen LogP contribution in [0.4, 0.5) is 0 Å². The van der Waals surface area contributed by atoms with E-state index in [4.69, 9.17) is 5.73 Å². The molecule has 4 nitrogen and oxygen atoms in total. The van der Waals surface area contributed by atoms with Crippen molar-refractivity contribution in [3.8, 4) is 0 Å². The third-order valence-electron chi connectivity index (χ3n) is 3.59. The average Bonchev–Trinajstić information content (AvgIpc) is 2.75. The van der Waals surface area contributed by atoms with Crippen molar-refractivity contribution in [3.05, 3.63) is 35.4 Å². The number of carbonyl (C=O) groups is 2. The quantitative estimate of drug-likeness (QED) is 0.852. The lowest BCUT2D eigenvalue weighted by Crippen LogP contribution is -2.36. The van der Waals surface area contributed by atoms with Gasteiger partial charge in [0.15, 0.2) is 0 Å².